The highest BCUT2D eigenvalue weighted by atomic mass is 32.1. The van der Waals surface area contributed by atoms with Crippen molar-refractivity contribution in [3.8, 4) is 17.1 Å². The molecule has 2 aromatic carbocycles. The fraction of sp³-hybridized carbons (Fsp3) is 0.130. The Morgan fingerprint density at radius 1 is 1.03 bits per heavy atom. The molecule has 0 unspecified atom stereocenters. The molecular formula is C23H17FN4O4S. The van der Waals surface area contributed by atoms with E-state index in [4.69, 9.17) is 9.26 Å². The van der Waals surface area contributed by atoms with E-state index >= 15 is 0 Å². The molecule has 33 heavy (non-hydrogen) atoms. The summed E-state index contributed by atoms with van der Waals surface area (Å²) in [5, 5.41) is 5.77. The first kappa shape index (κ1) is 20.8. The Morgan fingerprint density at radius 3 is 2.61 bits per heavy atom. The first-order chi connectivity index (χ1) is 16.0. The van der Waals surface area contributed by atoms with E-state index in [-0.39, 0.29) is 24.8 Å². The molecule has 0 radical (unpaired) electrons. The third-order valence-electron chi connectivity index (χ3n) is 5.20. The number of halogens is 1. The lowest BCUT2D eigenvalue weighted by Crippen LogP contribution is -2.40. The number of para-hydroxylation sites is 1. The van der Waals surface area contributed by atoms with Crippen LogP contribution >= 0.6 is 11.3 Å². The summed E-state index contributed by atoms with van der Waals surface area (Å²) in [5.74, 6) is 0.740. The van der Waals surface area contributed by atoms with Crippen LogP contribution in [0.2, 0.25) is 0 Å². The van der Waals surface area contributed by atoms with E-state index < -0.39 is 11.2 Å². The van der Waals surface area contributed by atoms with E-state index in [9.17, 15) is 14.0 Å². The number of rotatable bonds is 6. The van der Waals surface area contributed by atoms with Gasteiger partial charge in [-0.3, -0.25) is 13.9 Å². The van der Waals surface area contributed by atoms with Gasteiger partial charge in [-0.1, -0.05) is 29.4 Å². The zero-order valence-corrected chi connectivity index (χ0v) is 18.2. The molecule has 0 saturated heterocycles. The van der Waals surface area contributed by atoms with Gasteiger partial charge in [-0.05, 0) is 41.3 Å². The van der Waals surface area contributed by atoms with E-state index in [0.717, 1.165) is 4.57 Å². The molecule has 166 valence electrons. The van der Waals surface area contributed by atoms with Gasteiger partial charge in [0, 0.05) is 0 Å². The molecule has 0 N–H and O–H groups in total. The minimum absolute atomic E-state index is 0.0160. The Hall–Kier alpha value is -4.05. The molecule has 0 aliphatic heterocycles. The first-order valence-corrected chi connectivity index (χ1v) is 10.8. The van der Waals surface area contributed by atoms with Crippen molar-refractivity contribution in [1.82, 2.24) is 19.3 Å². The van der Waals surface area contributed by atoms with Gasteiger partial charge in [-0.2, -0.15) is 4.98 Å². The van der Waals surface area contributed by atoms with Crippen LogP contribution in [-0.4, -0.2) is 26.4 Å². The second kappa shape index (κ2) is 8.47. The van der Waals surface area contributed by atoms with Gasteiger partial charge in [-0.25, -0.2) is 9.18 Å². The molecule has 3 heterocycles. The zero-order chi connectivity index (χ0) is 22.9. The van der Waals surface area contributed by atoms with Crippen LogP contribution in [-0.2, 0) is 13.1 Å². The van der Waals surface area contributed by atoms with Crippen LogP contribution in [0.5, 0.6) is 5.75 Å². The number of thiophene rings is 1. The predicted molar refractivity (Wildman–Crippen MR) is 121 cm³/mol. The normalized spacial score (nSPS) is 11.2. The average molecular weight is 464 g/mol. The summed E-state index contributed by atoms with van der Waals surface area (Å²) in [6.07, 6.45) is 0. The first-order valence-electron chi connectivity index (χ1n) is 9.96. The monoisotopic (exact) mass is 464 g/mol. The molecule has 0 atom stereocenters. The van der Waals surface area contributed by atoms with Crippen molar-refractivity contribution in [3.05, 3.63) is 98.1 Å². The highest BCUT2D eigenvalue weighted by Gasteiger charge is 2.18. The number of methoxy groups -OCH3 is 1. The number of aromatic nitrogens is 4. The van der Waals surface area contributed by atoms with Crippen LogP contribution in [0.1, 0.15) is 11.5 Å². The number of benzene rings is 2. The summed E-state index contributed by atoms with van der Waals surface area (Å²) in [6.45, 7) is -0.00000225. The van der Waals surface area contributed by atoms with Crippen molar-refractivity contribution >= 4 is 21.6 Å². The molecule has 0 fully saturated rings. The molecule has 3 aromatic heterocycles. The minimum atomic E-state index is -0.521. The standard InChI is InChI=1S/C23H17FN4O4S/c1-31-18-5-3-2-4-16(18)21-25-19(32-26-21)13-27-17-10-11-33-20(17)22(29)28(23(27)30)12-14-6-8-15(24)9-7-14/h2-11H,12-13H2,1H3. The summed E-state index contributed by atoms with van der Waals surface area (Å²) in [5.41, 5.74) is 0.860. The van der Waals surface area contributed by atoms with Gasteiger partial charge < -0.3 is 9.26 Å². The number of ether oxygens (including phenoxy) is 1. The third-order valence-corrected chi connectivity index (χ3v) is 6.09. The molecular weight excluding hydrogens is 447 g/mol. The maximum absolute atomic E-state index is 13.3. The molecule has 5 aromatic rings. The van der Waals surface area contributed by atoms with Gasteiger partial charge in [0.05, 0.1) is 24.7 Å². The lowest BCUT2D eigenvalue weighted by molar-refractivity contribution is 0.369. The number of nitrogens with zero attached hydrogens (tertiary/aromatic N) is 4. The van der Waals surface area contributed by atoms with Gasteiger partial charge in [0.15, 0.2) is 0 Å². The third kappa shape index (κ3) is 3.85. The molecule has 0 amide bonds. The highest BCUT2D eigenvalue weighted by molar-refractivity contribution is 7.17. The number of hydrogen-bond acceptors (Lipinski definition) is 7. The van der Waals surface area contributed by atoms with Crippen molar-refractivity contribution < 1.29 is 13.7 Å². The molecule has 0 bridgehead atoms. The summed E-state index contributed by atoms with van der Waals surface area (Å²) in [4.78, 5) is 30.7. The minimum Gasteiger partial charge on any atom is -0.496 e. The van der Waals surface area contributed by atoms with Crippen molar-refractivity contribution in [1.29, 1.82) is 0 Å². The van der Waals surface area contributed by atoms with Crippen LogP contribution in [0.4, 0.5) is 4.39 Å². The van der Waals surface area contributed by atoms with Crippen LogP contribution in [0, 0.1) is 5.82 Å². The topological polar surface area (TPSA) is 92.2 Å². The quantitative estimate of drug-likeness (QED) is 0.382. The summed E-state index contributed by atoms with van der Waals surface area (Å²) in [6, 6.07) is 14.6. The van der Waals surface area contributed by atoms with E-state index in [0.29, 0.717) is 32.9 Å². The molecule has 10 heteroatoms. The highest BCUT2D eigenvalue weighted by Crippen LogP contribution is 2.27. The number of hydrogen-bond donors (Lipinski definition) is 0. The van der Waals surface area contributed by atoms with Gasteiger partial charge in [0.25, 0.3) is 5.56 Å². The van der Waals surface area contributed by atoms with Gasteiger partial charge in [-0.15, -0.1) is 11.3 Å². The lowest BCUT2D eigenvalue weighted by Gasteiger charge is -2.11. The van der Waals surface area contributed by atoms with E-state index in [2.05, 4.69) is 10.1 Å². The Kier molecular flexibility index (Phi) is 5.35. The van der Waals surface area contributed by atoms with Crippen molar-refractivity contribution in [2.75, 3.05) is 7.11 Å². The second-order valence-corrected chi connectivity index (χ2v) is 8.15. The SMILES string of the molecule is COc1ccccc1-c1noc(Cn2c(=O)n(Cc3ccc(F)cc3)c(=O)c3sccc32)n1. The Balaban J connectivity index is 1.56. The van der Waals surface area contributed by atoms with Crippen LogP contribution in [0.15, 0.2) is 74.1 Å². The van der Waals surface area contributed by atoms with Gasteiger partial charge in [0.2, 0.25) is 11.7 Å². The predicted octanol–water partition coefficient (Wildman–Crippen LogP) is 3.52. The van der Waals surface area contributed by atoms with Crippen molar-refractivity contribution in [2.45, 2.75) is 13.1 Å². The molecule has 5 rings (SSSR count). The Labute approximate surface area is 190 Å². The lowest BCUT2D eigenvalue weighted by atomic mass is 10.2. The van der Waals surface area contributed by atoms with Crippen LogP contribution < -0.4 is 16.0 Å². The fourth-order valence-corrected chi connectivity index (χ4v) is 4.43. The van der Waals surface area contributed by atoms with Crippen molar-refractivity contribution in [3.63, 3.8) is 0 Å². The molecule has 8 nitrogen and oxygen atoms in total. The Bertz CT molecular complexity index is 1570. The Morgan fingerprint density at radius 2 is 1.82 bits per heavy atom. The fourth-order valence-electron chi connectivity index (χ4n) is 3.59. The van der Waals surface area contributed by atoms with E-state index in [1.54, 1.807) is 42.8 Å². The zero-order valence-electron chi connectivity index (χ0n) is 17.4. The van der Waals surface area contributed by atoms with Crippen molar-refractivity contribution in [2.24, 2.45) is 0 Å². The molecule has 0 spiro atoms. The number of fused-ring (bicyclic) bond motifs is 1. The molecule has 0 saturated carbocycles. The maximum atomic E-state index is 13.3. The molecule has 0 aliphatic carbocycles. The van der Waals surface area contributed by atoms with Crippen LogP contribution in [0.3, 0.4) is 0 Å². The summed E-state index contributed by atoms with van der Waals surface area (Å²) >= 11 is 1.25. The summed E-state index contributed by atoms with van der Waals surface area (Å²) in [7, 11) is 1.55. The summed E-state index contributed by atoms with van der Waals surface area (Å²) < 4.78 is 27.0. The largest absolute Gasteiger partial charge is 0.496 e. The average Bonchev–Trinajstić information content (AvgIpc) is 3.51. The molecule has 0 aliphatic rings. The maximum Gasteiger partial charge on any atom is 0.332 e. The van der Waals surface area contributed by atoms with Gasteiger partial charge in [0.1, 0.15) is 22.8 Å². The van der Waals surface area contributed by atoms with Gasteiger partial charge >= 0.3 is 5.69 Å². The van der Waals surface area contributed by atoms with E-state index in [1.807, 2.05) is 12.1 Å². The van der Waals surface area contributed by atoms with Crippen LogP contribution in [0.25, 0.3) is 21.6 Å². The second-order valence-electron chi connectivity index (χ2n) is 7.23. The van der Waals surface area contributed by atoms with E-state index in [1.165, 1.54) is 28.0 Å². The smallest absolute Gasteiger partial charge is 0.332 e.